The number of anilines is 1. The van der Waals surface area contributed by atoms with Crippen LogP contribution in [0.15, 0.2) is 53.2 Å². The Bertz CT molecular complexity index is 1010. The summed E-state index contributed by atoms with van der Waals surface area (Å²) in [6.45, 7) is 6.35. The van der Waals surface area contributed by atoms with E-state index in [4.69, 9.17) is 4.74 Å². The minimum atomic E-state index is -0.356. The maximum Gasteiger partial charge on any atom is 0.353 e. The van der Waals surface area contributed by atoms with Gasteiger partial charge in [-0.1, -0.05) is 19.1 Å². The molecule has 28 heavy (non-hydrogen) atoms. The van der Waals surface area contributed by atoms with E-state index in [2.05, 4.69) is 20.8 Å². The molecule has 0 fully saturated rings. The van der Waals surface area contributed by atoms with Crippen molar-refractivity contribution in [3.8, 4) is 5.75 Å². The number of amides is 1. The molecule has 0 spiro atoms. The van der Waals surface area contributed by atoms with Crippen LogP contribution in [0.1, 0.15) is 58.0 Å². The van der Waals surface area contributed by atoms with Crippen LogP contribution in [-0.2, 0) is 0 Å². The largest absolute Gasteiger partial charge is 0.422 e. The zero-order valence-corrected chi connectivity index (χ0v) is 17.6. The van der Waals surface area contributed by atoms with Gasteiger partial charge in [0.05, 0.1) is 4.88 Å². The standard InChI is InChI=1S/C22H21NO3S2/c1-14-13-22(2,3)23(20(24)18-6-4-10-27-18)17-9-8-15(12-16(14)17)26-21(25)19-7-5-11-28-19/h4-12,14H,13H2,1-3H3/t14-/m1/s1. The van der Waals surface area contributed by atoms with Gasteiger partial charge in [0.2, 0.25) is 0 Å². The first-order chi connectivity index (χ1) is 13.4. The van der Waals surface area contributed by atoms with Gasteiger partial charge in [-0.2, -0.15) is 0 Å². The van der Waals surface area contributed by atoms with Crippen molar-refractivity contribution in [2.45, 2.75) is 38.6 Å². The van der Waals surface area contributed by atoms with Crippen molar-refractivity contribution in [2.24, 2.45) is 0 Å². The van der Waals surface area contributed by atoms with E-state index in [1.165, 1.54) is 22.7 Å². The third-order valence-electron chi connectivity index (χ3n) is 5.05. The fourth-order valence-corrected chi connectivity index (χ4v) is 5.17. The van der Waals surface area contributed by atoms with Gasteiger partial charge in [0.1, 0.15) is 10.6 Å². The highest BCUT2D eigenvalue weighted by Crippen LogP contribution is 2.45. The number of rotatable bonds is 3. The topological polar surface area (TPSA) is 46.6 Å². The fraction of sp³-hybridized carbons (Fsp3) is 0.273. The molecular formula is C22H21NO3S2. The summed E-state index contributed by atoms with van der Waals surface area (Å²) in [4.78, 5) is 28.7. The Morgan fingerprint density at radius 3 is 2.39 bits per heavy atom. The summed E-state index contributed by atoms with van der Waals surface area (Å²) in [7, 11) is 0. The first kappa shape index (κ1) is 18.9. The van der Waals surface area contributed by atoms with Crippen LogP contribution in [0, 0.1) is 0 Å². The Hall–Kier alpha value is -2.44. The van der Waals surface area contributed by atoms with E-state index in [0.717, 1.165) is 22.5 Å². The molecule has 0 N–H and O–H groups in total. The van der Waals surface area contributed by atoms with Crippen molar-refractivity contribution in [3.63, 3.8) is 0 Å². The minimum Gasteiger partial charge on any atom is -0.422 e. The predicted molar refractivity (Wildman–Crippen MR) is 114 cm³/mol. The number of carbonyl (C=O) groups excluding carboxylic acids is 2. The summed E-state index contributed by atoms with van der Waals surface area (Å²) in [5.41, 5.74) is 1.61. The predicted octanol–water partition coefficient (Wildman–Crippen LogP) is 5.96. The number of carbonyl (C=O) groups is 2. The minimum absolute atomic E-state index is 0.0106. The molecular weight excluding hydrogens is 390 g/mol. The smallest absolute Gasteiger partial charge is 0.353 e. The number of benzene rings is 1. The number of esters is 1. The summed E-state index contributed by atoms with van der Waals surface area (Å²) in [5, 5.41) is 3.77. The van der Waals surface area contributed by atoms with Crippen LogP contribution >= 0.6 is 22.7 Å². The van der Waals surface area contributed by atoms with Crippen LogP contribution in [0.4, 0.5) is 5.69 Å². The Morgan fingerprint density at radius 1 is 1.07 bits per heavy atom. The van der Waals surface area contributed by atoms with Crippen molar-refractivity contribution in [1.82, 2.24) is 0 Å². The molecule has 0 aliphatic carbocycles. The molecule has 0 saturated carbocycles. The molecule has 1 aromatic carbocycles. The molecule has 0 saturated heterocycles. The number of thiophene rings is 2. The number of hydrogen-bond acceptors (Lipinski definition) is 5. The summed E-state index contributed by atoms with van der Waals surface area (Å²) in [6, 6.07) is 12.9. The van der Waals surface area contributed by atoms with E-state index in [1.807, 2.05) is 46.0 Å². The molecule has 6 heteroatoms. The van der Waals surface area contributed by atoms with E-state index < -0.39 is 0 Å². The maximum absolute atomic E-state index is 13.2. The Labute approximate surface area is 172 Å². The van der Waals surface area contributed by atoms with Crippen LogP contribution in [-0.4, -0.2) is 17.4 Å². The number of nitrogens with zero attached hydrogens (tertiary/aromatic N) is 1. The summed E-state index contributed by atoms with van der Waals surface area (Å²) >= 11 is 2.81. The molecule has 1 aliphatic rings. The van der Waals surface area contributed by atoms with Crippen LogP contribution in [0.5, 0.6) is 5.75 Å². The summed E-state index contributed by atoms with van der Waals surface area (Å²) in [5.74, 6) is 0.409. The van der Waals surface area contributed by atoms with E-state index in [1.54, 1.807) is 12.1 Å². The van der Waals surface area contributed by atoms with Crippen molar-refractivity contribution in [3.05, 3.63) is 68.5 Å². The normalized spacial score (nSPS) is 17.8. The molecule has 1 aliphatic heterocycles. The van der Waals surface area contributed by atoms with Crippen LogP contribution < -0.4 is 9.64 Å². The van der Waals surface area contributed by atoms with Crippen LogP contribution in [0.25, 0.3) is 0 Å². The van der Waals surface area contributed by atoms with Crippen LogP contribution in [0.3, 0.4) is 0 Å². The van der Waals surface area contributed by atoms with Gasteiger partial charge in [-0.05, 0) is 72.8 Å². The van der Waals surface area contributed by atoms with Gasteiger partial charge in [0.25, 0.3) is 5.91 Å². The zero-order valence-electron chi connectivity index (χ0n) is 16.0. The molecule has 4 rings (SSSR count). The third kappa shape index (κ3) is 3.38. The van der Waals surface area contributed by atoms with Gasteiger partial charge in [0, 0.05) is 11.2 Å². The molecule has 0 bridgehead atoms. The van der Waals surface area contributed by atoms with Gasteiger partial charge < -0.3 is 9.64 Å². The second-order valence-electron chi connectivity index (χ2n) is 7.62. The highest BCUT2D eigenvalue weighted by atomic mass is 32.1. The highest BCUT2D eigenvalue weighted by molar-refractivity contribution is 7.12. The quantitative estimate of drug-likeness (QED) is 0.394. The first-order valence-electron chi connectivity index (χ1n) is 9.14. The number of ether oxygens (including phenoxy) is 1. The summed E-state index contributed by atoms with van der Waals surface area (Å²) in [6.07, 6.45) is 0.833. The van der Waals surface area contributed by atoms with E-state index in [-0.39, 0.29) is 23.3 Å². The molecule has 1 amide bonds. The lowest BCUT2D eigenvalue weighted by Gasteiger charge is -2.45. The van der Waals surface area contributed by atoms with Gasteiger partial charge >= 0.3 is 5.97 Å². The second-order valence-corrected chi connectivity index (χ2v) is 9.52. The summed E-state index contributed by atoms with van der Waals surface area (Å²) < 4.78 is 5.56. The number of hydrogen-bond donors (Lipinski definition) is 0. The molecule has 3 aromatic rings. The van der Waals surface area contributed by atoms with Crippen molar-refractivity contribution in [1.29, 1.82) is 0 Å². The average Bonchev–Trinajstić information content (AvgIpc) is 3.35. The molecule has 0 radical (unpaired) electrons. The fourth-order valence-electron chi connectivity index (χ4n) is 3.92. The lowest BCUT2D eigenvalue weighted by Crippen LogP contribution is -2.51. The lowest BCUT2D eigenvalue weighted by molar-refractivity contribution is 0.0739. The first-order valence-corrected chi connectivity index (χ1v) is 10.9. The van der Waals surface area contributed by atoms with E-state index in [0.29, 0.717) is 10.6 Å². The Kier molecular flexibility index (Phi) is 4.85. The van der Waals surface area contributed by atoms with Crippen molar-refractivity contribution in [2.75, 3.05) is 4.90 Å². The molecule has 0 unspecified atom stereocenters. The average molecular weight is 412 g/mol. The van der Waals surface area contributed by atoms with Gasteiger partial charge in [-0.3, -0.25) is 4.79 Å². The molecule has 4 nitrogen and oxygen atoms in total. The molecule has 2 aromatic heterocycles. The monoisotopic (exact) mass is 411 g/mol. The third-order valence-corrected chi connectivity index (χ3v) is 6.76. The van der Waals surface area contributed by atoms with Gasteiger partial charge in [0.15, 0.2) is 0 Å². The highest BCUT2D eigenvalue weighted by Gasteiger charge is 2.40. The van der Waals surface area contributed by atoms with E-state index in [9.17, 15) is 9.59 Å². The second kappa shape index (κ2) is 7.18. The lowest BCUT2D eigenvalue weighted by atomic mass is 9.80. The van der Waals surface area contributed by atoms with Gasteiger partial charge in [-0.15, -0.1) is 22.7 Å². The SMILES string of the molecule is C[C@@H]1CC(C)(C)N(C(=O)c2cccs2)c2ccc(OC(=O)c3cccs3)cc21. The van der Waals surface area contributed by atoms with Crippen molar-refractivity contribution >= 4 is 40.2 Å². The molecule has 1 atom stereocenters. The molecule has 3 heterocycles. The van der Waals surface area contributed by atoms with Gasteiger partial charge in [-0.25, -0.2) is 4.79 Å². The zero-order chi connectivity index (χ0) is 19.9. The maximum atomic E-state index is 13.2. The van der Waals surface area contributed by atoms with Crippen molar-refractivity contribution < 1.29 is 14.3 Å². The van der Waals surface area contributed by atoms with Crippen LogP contribution in [0.2, 0.25) is 0 Å². The molecule has 144 valence electrons. The number of fused-ring (bicyclic) bond motifs is 1. The Balaban J connectivity index is 1.70. The Morgan fingerprint density at radius 2 is 1.75 bits per heavy atom. The van der Waals surface area contributed by atoms with E-state index >= 15 is 0 Å².